The van der Waals surface area contributed by atoms with Gasteiger partial charge in [-0.1, -0.05) is 19.3 Å². The van der Waals surface area contributed by atoms with Crippen molar-refractivity contribution in [3.05, 3.63) is 28.7 Å². The topological polar surface area (TPSA) is 48.0 Å². The van der Waals surface area contributed by atoms with Crippen molar-refractivity contribution in [3.63, 3.8) is 0 Å². The first kappa shape index (κ1) is 9.31. The minimum atomic E-state index is -0.0722. The van der Waals surface area contributed by atoms with E-state index in [0.717, 1.165) is 0 Å². The number of hydrogen-bond acceptors (Lipinski definition) is 2. The fourth-order valence-electron chi connectivity index (χ4n) is 2.12. The van der Waals surface area contributed by atoms with Gasteiger partial charge in [0, 0.05) is 24.5 Å². The third kappa shape index (κ3) is 1.81. The Balaban J connectivity index is 2.22. The molecule has 0 atom stereocenters. The maximum absolute atomic E-state index is 11.1. The molecule has 1 aliphatic carbocycles. The molecule has 1 saturated carbocycles. The van der Waals surface area contributed by atoms with E-state index in [-0.39, 0.29) is 5.43 Å². The number of hydrogen-bond donors (Lipinski definition) is 1. The molecule has 1 aromatic heterocycles. The molecule has 76 valence electrons. The Bertz CT molecular complexity index is 364. The first-order valence-corrected chi connectivity index (χ1v) is 5.24. The molecular weight excluding hydrogens is 176 g/mol. The molecule has 0 bridgehead atoms. The third-order valence-electron chi connectivity index (χ3n) is 2.97. The van der Waals surface area contributed by atoms with E-state index in [4.69, 9.17) is 5.73 Å². The molecule has 1 aliphatic rings. The van der Waals surface area contributed by atoms with Gasteiger partial charge in [0.15, 0.2) is 0 Å². The second kappa shape index (κ2) is 3.86. The van der Waals surface area contributed by atoms with Crippen LogP contribution in [0, 0.1) is 0 Å². The number of aromatic nitrogens is 1. The van der Waals surface area contributed by atoms with Crippen molar-refractivity contribution >= 4 is 5.69 Å². The van der Waals surface area contributed by atoms with Crippen molar-refractivity contribution in [1.82, 2.24) is 4.57 Å². The zero-order valence-electron chi connectivity index (χ0n) is 8.28. The summed E-state index contributed by atoms with van der Waals surface area (Å²) in [6.07, 6.45) is 9.97. The van der Waals surface area contributed by atoms with Crippen molar-refractivity contribution in [1.29, 1.82) is 0 Å². The number of nitrogens with zero attached hydrogens (tertiary/aromatic N) is 1. The molecular formula is C11H16N2O. The van der Waals surface area contributed by atoms with Gasteiger partial charge in [0.05, 0.1) is 5.69 Å². The van der Waals surface area contributed by atoms with E-state index in [2.05, 4.69) is 4.57 Å². The van der Waals surface area contributed by atoms with Crippen LogP contribution in [0.2, 0.25) is 0 Å². The van der Waals surface area contributed by atoms with E-state index >= 15 is 0 Å². The lowest BCUT2D eigenvalue weighted by Gasteiger charge is -2.24. The van der Waals surface area contributed by atoms with Crippen LogP contribution in [-0.4, -0.2) is 4.57 Å². The van der Waals surface area contributed by atoms with Crippen LogP contribution < -0.4 is 11.2 Å². The van der Waals surface area contributed by atoms with Crippen LogP contribution in [0.1, 0.15) is 38.1 Å². The molecule has 1 aromatic rings. The van der Waals surface area contributed by atoms with Gasteiger partial charge in [-0.05, 0) is 12.8 Å². The summed E-state index contributed by atoms with van der Waals surface area (Å²) in [4.78, 5) is 11.1. The molecule has 2 rings (SSSR count). The third-order valence-corrected chi connectivity index (χ3v) is 2.97. The Hall–Kier alpha value is -1.25. The molecule has 14 heavy (non-hydrogen) atoms. The highest BCUT2D eigenvalue weighted by atomic mass is 16.1. The van der Waals surface area contributed by atoms with Crippen molar-refractivity contribution in [2.75, 3.05) is 5.73 Å². The largest absolute Gasteiger partial charge is 0.394 e. The Kier molecular flexibility index (Phi) is 2.57. The fraction of sp³-hybridized carbons (Fsp3) is 0.545. The number of nitrogens with two attached hydrogens (primary N) is 1. The summed E-state index contributed by atoms with van der Waals surface area (Å²) in [6.45, 7) is 0. The Morgan fingerprint density at radius 1 is 1.29 bits per heavy atom. The molecule has 0 spiro atoms. The maximum atomic E-state index is 11.1. The van der Waals surface area contributed by atoms with Gasteiger partial charge < -0.3 is 10.3 Å². The summed E-state index contributed by atoms with van der Waals surface area (Å²) in [5.74, 6) is 0. The molecule has 0 saturated heterocycles. The predicted molar refractivity (Wildman–Crippen MR) is 57.2 cm³/mol. The van der Waals surface area contributed by atoms with Crippen LogP contribution in [0.4, 0.5) is 5.69 Å². The SMILES string of the molecule is Nc1cn(C2CCCCC2)ccc1=O. The van der Waals surface area contributed by atoms with Crippen molar-refractivity contribution in [2.45, 2.75) is 38.1 Å². The summed E-state index contributed by atoms with van der Waals surface area (Å²) >= 11 is 0. The summed E-state index contributed by atoms with van der Waals surface area (Å²) in [5.41, 5.74) is 5.88. The highest BCUT2D eigenvalue weighted by Gasteiger charge is 2.14. The average Bonchev–Trinajstić information content (AvgIpc) is 2.23. The van der Waals surface area contributed by atoms with Crippen LogP contribution in [0.5, 0.6) is 0 Å². The lowest BCUT2D eigenvalue weighted by molar-refractivity contribution is 0.352. The molecule has 1 heterocycles. The van der Waals surface area contributed by atoms with Crippen molar-refractivity contribution < 1.29 is 0 Å². The molecule has 3 heteroatoms. The quantitative estimate of drug-likeness (QED) is 0.739. The molecule has 3 nitrogen and oxygen atoms in total. The minimum absolute atomic E-state index is 0.0722. The van der Waals surface area contributed by atoms with Crippen LogP contribution >= 0.6 is 0 Å². The monoisotopic (exact) mass is 192 g/mol. The second-order valence-electron chi connectivity index (χ2n) is 4.00. The minimum Gasteiger partial charge on any atom is -0.394 e. The first-order valence-electron chi connectivity index (χ1n) is 5.24. The summed E-state index contributed by atoms with van der Waals surface area (Å²) in [5, 5.41) is 0. The predicted octanol–water partition coefficient (Wildman–Crippen LogP) is 1.94. The standard InChI is InChI=1S/C11H16N2O/c12-10-8-13(7-6-11(10)14)9-4-2-1-3-5-9/h6-9H,1-5,12H2. The number of pyridine rings is 1. The average molecular weight is 192 g/mol. The number of rotatable bonds is 1. The smallest absolute Gasteiger partial charge is 0.204 e. The maximum Gasteiger partial charge on any atom is 0.204 e. The van der Waals surface area contributed by atoms with Crippen LogP contribution in [0.25, 0.3) is 0 Å². The molecule has 0 aliphatic heterocycles. The van der Waals surface area contributed by atoms with E-state index in [1.807, 2.05) is 6.20 Å². The normalized spacial score (nSPS) is 18.3. The van der Waals surface area contributed by atoms with Crippen molar-refractivity contribution in [2.24, 2.45) is 0 Å². The van der Waals surface area contributed by atoms with E-state index in [9.17, 15) is 4.79 Å². The zero-order valence-corrected chi connectivity index (χ0v) is 8.28. The first-order chi connectivity index (χ1) is 6.77. The molecule has 0 aromatic carbocycles. The van der Waals surface area contributed by atoms with Gasteiger partial charge in [-0.3, -0.25) is 4.79 Å². The molecule has 0 unspecified atom stereocenters. The number of nitrogen functional groups attached to an aromatic ring is 1. The van der Waals surface area contributed by atoms with Gasteiger partial charge in [-0.25, -0.2) is 0 Å². The summed E-state index contributed by atoms with van der Waals surface area (Å²) in [6, 6.07) is 2.11. The zero-order chi connectivity index (χ0) is 9.97. The number of anilines is 1. The lowest BCUT2D eigenvalue weighted by atomic mass is 9.95. The van der Waals surface area contributed by atoms with Crippen LogP contribution in [0.3, 0.4) is 0 Å². The summed E-state index contributed by atoms with van der Waals surface area (Å²) in [7, 11) is 0. The Morgan fingerprint density at radius 3 is 2.64 bits per heavy atom. The van der Waals surface area contributed by atoms with E-state index in [1.54, 1.807) is 12.3 Å². The van der Waals surface area contributed by atoms with E-state index in [0.29, 0.717) is 11.7 Å². The van der Waals surface area contributed by atoms with Gasteiger partial charge in [0.1, 0.15) is 0 Å². The van der Waals surface area contributed by atoms with Crippen LogP contribution in [-0.2, 0) is 0 Å². The molecule has 1 fully saturated rings. The molecule has 2 N–H and O–H groups in total. The highest BCUT2D eigenvalue weighted by Crippen LogP contribution is 2.27. The van der Waals surface area contributed by atoms with Gasteiger partial charge in [-0.15, -0.1) is 0 Å². The van der Waals surface area contributed by atoms with E-state index < -0.39 is 0 Å². The fourth-order valence-corrected chi connectivity index (χ4v) is 2.12. The Morgan fingerprint density at radius 2 is 2.00 bits per heavy atom. The lowest BCUT2D eigenvalue weighted by Crippen LogP contribution is -2.16. The van der Waals surface area contributed by atoms with Gasteiger partial charge in [0.2, 0.25) is 5.43 Å². The van der Waals surface area contributed by atoms with E-state index in [1.165, 1.54) is 32.1 Å². The van der Waals surface area contributed by atoms with Gasteiger partial charge in [0.25, 0.3) is 0 Å². The molecule has 0 amide bonds. The van der Waals surface area contributed by atoms with Crippen LogP contribution in [0.15, 0.2) is 23.3 Å². The van der Waals surface area contributed by atoms with Gasteiger partial charge in [-0.2, -0.15) is 0 Å². The highest BCUT2D eigenvalue weighted by molar-refractivity contribution is 5.33. The second-order valence-corrected chi connectivity index (χ2v) is 4.00. The van der Waals surface area contributed by atoms with Gasteiger partial charge >= 0.3 is 0 Å². The molecule has 0 radical (unpaired) electrons. The van der Waals surface area contributed by atoms with Crippen molar-refractivity contribution in [3.8, 4) is 0 Å². The Labute approximate surface area is 83.5 Å². The summed E-state index contributed by atoms with van der Waals surface area (Å²) < 4.78 is 2.09.